The Labute approximate surface area is 161 Å². The van der Waals surface area contributed by atoms with Gasteiger partial charge < -0.3 is 15.4 Å². The highest BCUT2D eigenvalue weighted by atomic mass is 16.5. The molecule has 2 N–H and O–H groups in total. The minimum absolute atomic E-state index is 0.251. The number of para-hydroxylation sites is 1. The number of nitrogens with one attached hydrogen (secondary N) is 2. The lowest BCUT2D eigenvalue weighted by Crippen LogP contribution is -2.42. The highest BCUT2D eigenvalue weighted by molar-refractivity contribution is 5.79. The van der Waals surface area contributed by atoms with Crippen molar-refractivity contribution in [3.8, 4) is 5.75 Å². The lowest BCUT2D eigenvalue weighted by molar-refractivity contribution is 0.239. The maximum absolute atomic E-state index is 5.62. The van der Waals surface area contributed by atoms with Crippen molar-refractivity contribution >= 4 is 5.96 Å². The molecule has 0 spiro atoms. The molecule has 7 nitrogen and oxygen atoms in total. The molecule has 1 saturated heterocycles. The van der Waals surface area contributed by atoms with Crippen molar-refractivity contribution in [2.75, 3.05) is 33.8 Å². The predicted octanol–water partition coefficient (Wildman–Crippen LogP) is 1.93. The minimum Gasteiger partial charge on any atom is -0.496 e. The predicted molar refractivity (Wildman–Crippen MR) is 108 cm³/mol. The van der Waals surface area contributed by atoms with Crippen molar-refractivity contribution in [3.05, 3.63) is 47.8 Å². The van der Waals surface area contributed by atoms with E-state index in [2.05, 4.69) is 37.8 Å². The molecule has 1 aliphatic rings. The Kier molecular flexibility index (Phi) is 6.70. The van der Waals surface area contributed by atoms with Gasteiger partial charge in [0, 0.05) is 44.5 Å². The summed E-state index contributed by atoms with van der Waals surface area (Å²) in [5.41, 5.74) is 2.35. The molecular formula is C20H30N6O. The van der Waals surface area contributed by atoms with Gasteiger partial charge in [0.15, 0.2) is 5.96 Å². The molecule has 0 amide bonds. The van der Waals surface area contributed by atoms with E-state index in [0.717, 1.165) is 36.9 Å². The first-order chi connectivity index (χ1) is 13.2. The molecule has 0 bridgehead atoms. The number of methoxy groups -OCH3 is 1. The van der Waals surface area contributed by atoms with E-state index in [1.54, 1.807) is 18.8 Å². The number of rotatable bonds is 7. The number of aryl methyl sites for hydroxylation is 1. The Hall–Kier alpha value is -2.54. The van der Waals surface area contributed by atoms with Gasteiger partial charge in [-0.1, -0.05) is 18.2 Å². The van der Waals surface area contributed by atoms with Gasteiger partial charge in [-0.25, -0.2) is 0 Å². The molecule has 27 heavy (non-hydrogen) atoms. The lowest BCUT2D eigenvalue weighted by atomic mass is 10.0. The van der Waals surface area contributed by atoms with Gasteiger partial charge >= 0.3 is 0 Å². The molecule has 3 rings (SSSR count). The smallest absolute Gasteiger partial charge is 0.191 e. The van der Waals surface area contributed by atoms with Gasteiger partial charge in [0.2, 0.25) is 0 Å². The Morgan fingerprint density at radius 1 is 1.26 bits per heavy atom. The van der Waals surface area contributed by atoms with Crippen LogP contribution >= 0.6 is 0 Å². The Bertz CT molecular complexity index is 750. The first-order valence-corrected chi connectivity index (χ1v) is 9.50. The fourth-order valence-corrected chi connectivity index (χ4v) is 3.59. The van der Waals surface area contributed by atoms with Crippen molar-refractivity contribution in [2.24, 2.45) is 12.0 Å². The van der Waals surface area contributed by atoms with Crippen molar-refractivity contribution in [2.45, 2.75) is 25.4 Å². The highest BCUT2D eigenvalue weighted by Gasteiger charge is 2.26. The monoisotopic (exact) mass is 370 g/mol. The van der Waals surface area contributed by atoms with E-state index in [0.29, 0.717) is 6.54 Å². The van der Waals surface area contributed by atoms with Crippen LogP contribution in [0.5, 0.6) is 5.75 Å². The zero-order chi connectivity index (χ0) is 19.1. The third kappa shape index (κ3) is 5.01. The number of hydrogen-bond acceptors (Lipinski definition) is 4. The molecule has 1 fully saturated rings. The topological polar surface area (TPSA) is 66.7 Å². The summed E-state index contributed by atoms with van der Waals surface area (Å²) in [5, 5.41) is 11.1. The molecule has 0 radical (unpaired) electrons. The van der Waals surface area contributed by atoms with Crippen molar-refractivity contribution in [1.82, 2.24) is 25.3 Å². The number of hydrogen-bond donors (Lipinski definition) is 2. The van der Waals surface area contributed by atoms with Gasteiger partial charge in [-0.15, -0.1) is 0 Å². The largest absolute Gasteiger partial charge is 0.496 e. The molecule has 2 heterocycles. The number of aliphatic imine (C=N–C) groups is 1. The van der Waals surface area contributed by atoms with Crippen LogP contribution in [0.25, 0.3) is 0 Å². The first kappa shape index (κ1) is 19.2. The number of benzene rings is 1. The molecular weight excluding hydrogens is 340 g/mol. The zero-order valence-corrected chi connectivity index (χ0v) is 16.5. The van der Waals surface area contributed by atoms with E-state index >= 15 is 0 Å². The van der Waals surface area contributed by atoms with Crippen LogP contribution in [-0.2, 0) is 13.6 Å². The van der Waals surface area contributed by atoms with Gasteiger partial charge in [0.25, 0.3) is 0 Å². The summed E-state index contributed by atoms with van der Waals surface area (Å²) in [6.07, 6.45) is 6.36. The fourth-order valence-electron chi connectivity index (χ4n) is 3.59. The minimum atomic E-state index is 0.251. The van der Waals surface area contributed by atoms with Crippen LogP contribution in [0.4, 0.5) is 0 Å². The van der Waals surface area contributed by atoms with Crippen LogP contribution in [-0.4, -0.2) is 54.4 Å². The molecule has 0 saturated carbocycles. The molecule has 1 aromatic heterocycles. The summed E-state index contributed by atoms with van der Waals surface area (Å²) in [7, 11) is 5.46. The second-order valence-electron chi connectivity index (χ2n) is 6.83. The Morgan fingerprint density at radius 2 is 2.04 bits per heavy atom. The van der Waals surface area contributed by atoms with Gasteiger partial charge in [0.05, 0.1) is 19.3 Å². The SMILES string of the molecule is CN=C(NCc1cnn(C)c1)NCC(c1ccccc1OC)N1CCCC1. The Balaban J connectivity index is 1.66. The van der Waals surface area contributed by atoms with Crippen LogP contribution in [0.3, 0.4) is 0 Å². The second kappa shape index (κ2) is 9.41. The van der Waals surface area contributed by atoms with Crippen LogP contribution in [0, 0.1) is 0 Å². The van der Waals surface area contributed by atoms with E-state index in [1.807, 2.05) is 31.6 Å². The van der Waals surface area contributed by atoms with E-state index < -0.39 is 0 Å². The quantitative estimate of drug-likeness (QED) is 0.576. The number of likely N-dealkylation sites (tertiary alicyclic amines) is 1. The van der Waals surface area contributed by atoms with Crippen molar-refractivity contribution in [3.63, 3.8) is 0 Å². The number of aromatic nitrogens is 2. The summed E-state index contributed by atoms with van der Waals surface area (Å²) in [6.45, 7) is 3.70. The van der Waals surface area contributed by atoms with Gasteiger partial charge in [-0.3, -0.25) is 14.6 Å². The summed E-state index contributed by atoms with van der Waals surface area (Å²) in [6, 6.07) is 8.55. The van der Waals surface area contributed by atoms with Crippen molar-refractivity contribution < 1.29 is 4.74 Å². The molecule has 1 unspecified atom stereocenters. The Morgan fingerprint density at radius 3 is 2.70 bits per heavy atom. The number of ether oxygens (including phenoxy) is 1. The summed E-state index contributed by atoms with van der Waals surface area (Å²) in [5.74, 6) is 1.73. The van der Waals surface area contributed by atoms with E-state index in [-0.39, 0.29) is 6.04 Å². The fraction of sp³-hybridized carbons (Fsp3) is 0.500. The normalized spacial score (nSPS) is 16.3. The average Bonchev–Trinajstić information content (AvgIpc) is 3.36. The van der Waals surface area contributed by atoms with Crippen LogP contribution in [0.2, 0.25) is 0 Å². The van der Waals surface area contributed by atoms with Gasteiger partial charge in [-0.2, -0.15) is 5.10 Å². The standard InChI is InChI=1S/C20H30N6O/c1-21-20(22-12-16-13-24-25(2)15-16)23-14-18(26-10-6-7-11-26)17-8-4-5-9-19(17)27-3/h4-5,8-9,13,15,18H,6-7,10-12,14H2,1-3H3,(H2,21,22,23). The van der Waals surface area contributed by atoms with E-state index in [9.17, 15) is 0 Å². The average molecular weight is 371 g/mol. The van der Waals surface area contributed by atoms with Gasteiger partial charge in [-0.05, 0) is 32.0 Å². The van der Waals surface area contributed by atoms with E-state index in [1.165, 1.54) is 18.4 Å². The van der Waals surface area contributed by atoms with E-state index in [4.69, 9.17) is 4.74 Å². The number of guanidine groups is 1. The summed E-state index contributed by atoms with van der Waals surface area (Å²) >= 11 is 0. The molecule has 1 aliphatic heterocycles. The molecule has 0 aliphatic carbocycles. The summed E-state index contributed by atoms with van der Waals surface area (Å²) < 4.78 is 7.42. The van der Waals surface area contributed by atoms with Gasteiger partial charge in [0.1, 0.15) is 5.75 Å². The maximum atomic E-state index is 5.62. The third-order valence-electron chi connectivity index (χ3n) is 4.98. The highest BCUT2D eigenvalue weighted by Crippen LogP contribution is 2.31. The van der Waals surface area contributed by atoms with Crippen LogP contribution in [0.15, 0.2) is 41.7 Å². The van der Waals surface area contributed by atoms with Crippen molar-refractivity contribution in [1.29, 1.82) is 0 Å². The maximum Gasteiger partial charge on any atom is 0.191 e. The first-order valence-electron chi connectivity index (χ1n) is 9.50. The van der Waals surface area contributed by atoms with Crippen LogP contribution in [0.1, 0.15) is 30.0 Å². The zero-order valence-electron chi connectivity index (χ0n) is 16.5. The van der Waals surface area contributed by atoms with Crippen LogP contribution < -0.4 is 15.4 Å². The molecule has 1 atom stereocenters. The molecule has 146 valence electrons. The second-order valence-corrected chi connectivity index (χ2v) is 6.83. The number of nitrogens with zero attached hydrogens (tertiary/aromatic N) is 4. The molecule has 1 aromatic carbocycles. The third-order valence-corrected chi connectivity index (χ3v) is 4.98. The lowest BCUT2D eigenvalue weighted by Gasteiger charge is -2.30. The molecule has 2 aromatic rings. The molecule has 7 heteroatoms. The summed E-state index contributed by atoms with van der Waals surface area (Å²) in [4.78, 5) is 6.89.